The zero-order chi connectivity index (χ0) is 15.3. The third-order valence-corrected chi connectivity index (χ3v) is 4.50. The number of benzene rings is 1. The van der Waals surface area contributed by atoms with Gasteiger partial charge in [0.2, 0.25) is 10.0 Å². The molecule has 0 spiro atoms. The second-order valence-corrected chi connectivity index (χ2v) is 6.89. The molecule has 0 fully saturated rings. The molecule has 1 rings (SSSR count). The van der Waals surface area contributed by atoms with E-state index in [0.29, 0.717) is 5.69 Å². The van der Waals surface area contributed by atoms with Crippen LogP contribution in [-0.2, 0) is 10.0 Å². The summed E-state index contributed by atoms with van der Waals surface area (Å²) in [5.74, 6) is 0. The van der Waals surface area contributed by atoms with Gasteiger partial charge in [0.1, 0.15) is 0 Å². The maximum absolute atomic E-state index is 11.7. The molecule has 0 aliphatic rings. The lowest BCUT2D eigenvalue weighted by atomic mass is 10.2. The largest absolute Gasteiger partial charge is 0.397 e. The standard InChI is InChI=1S/C13H24N4O2S/c1-15-20(18,19)11-6-7-13(12(14)10-11)17(4)9-5-8-16(2)3/h6-7,10,15H,5,8-9,14H2,1-4H3. The summed E-state index contributed by atoms with van der Waals surface area (Å²) in [5.41, 5.74) is 7.27. The van der Waals surface area contributed by atoms with Crippen LogP contribution in [-0.4, -0.2) is 54.6 Å². The predicted molar refractivity (Wildman–Crippen MR) is 83.5 cm³/mol. The lowest BCUT2D eigenvalue weighted by molar-refractivity contribution is 0.402. The van der Waals surface area contributed by atoms with Crippen molar-refractivity contribution in [2.75, 3.05) is 51.9 Å². The van der Waals surface area contributed by atoms with Crippen molar-refractivity contribution in [2.45, 2.75) is 11.3 Å². The van der Waals surface area contributed by atoms with Gasteiger partial charge >= 0.3 is 0 Å². The Labute approximate surface area is 121 Å². The Balaban J connectivity index is 2.83. The second kappa shape index (κ2) is 6.92. The van der Waals surface area contributed by atoms with E-state index in [9.17, 15) is 8.42 Å². The highest BCUT2D eigenvalue weighted by atomic mass is 32.2. The van der Waals surface area contributed by atoms with Gasteiger partial charge in [0.05, 0.1) is 16.3 Å². The first-order valence-electron chi connectivity index (χ1n) is 6.47. The number of nitrogens with one attached hydrogen (secondary N) is 1. The summed E-state index contributed by atoms with van der Waals surface area (Å²) in [6.45, 7) is 1.86. The molecule has 0 radical (unpaired) electrons. The van der Waals surface area contributed by atoms with Gasteiger partial charge in [-0.1, -0.05) is 0 Å². The summed E-state index contributed by atoms with van der Waals surface area (Å²) in [6, 6.07) is 4.80. The number of sulfonamides is 1. The minimum Gasteiger partial charge on any atom is -0.397 e. The summed E-state index contributed by atoms with van der Waals surface area (Å²) in [4.78, 5) is 4.34. The van der Waals surface area contributed by atoms with Crippen LogP contribution in [0.3, 0.4) is 0 Å². The first-order chi connectivity index (χ1) is 9.27. The van der Waals surface area contributed by atoms with Crippen LogP contribution in [0, 0.1) is 0 Å². The van der Waals surface area contributed by atoms with Crippen LogP contribution < -0.4 is 15.4 Å². The molecule has 0 heterocycles. The van der Waals surface area contributed by atoms with E-state index in [0.717, 1.165) is 25.2 Å². The SMILES string of the molecule is CNS(=O)(=O)c1ccc(N(C)CCCN(C)C)c(N)c1. The van der Waals surface area contributed by atoms with Crippen LogP contribution >= 0.6 is 0 Å². The highest BCUT2D eigenvalue weighted by molar-refractivity contribution is 7.89. The van der Waals surface area contributed by atoms with Crippen molar-refractivity contribution in [1.29, 1.82) is 0 Å². The van der Waals surface area contributed by atoms with Crippen LogP contribution in [0.15, 0.2) is 23.1 Å². The zero-order valence-electron chi connectivity index (χ0n) is 12.5. The molecule has 0 saturated carbocycles. The molecule has 0 atom stereocenters. The highest BCUT2D eigenvalue weighted by Crippen LogP contribution is 2.25. The Morgan fingerprint density at radius 3 is 2.35 bits per heavy atom. The average molecular weight is 300 g/mol. The van der Waals surface area contributed by atoms with E-state index in [2.05, 4.69) is 9.62 Å². The molecular formula is C13H24N4O2S. The lowest BCUT2D eigenvalue weighted by Gasteiger charge is -2.22. The molecule has 0 bridgehead atoms. The van der Waals surface area contributed by atoms with E-state index in [4.69, 9.17) is 5.73 Å². The minimum absolute atomic E-state index is 0.183. The van der Waals surface area contributed by atoms with Crippen molar-refractivity contribution in [2.24, 2.45) is 0 Å². The van der Waals surface area contributed by atoms with Crippen LogP contribution in [0.5, 0.6) is 0 Å². The molecule has 3 N–H and O–H groups in total. The van der Waals surface area contributed by atoms with Crippen molar-refractivity contribution in [3.8, 4) is 0 Å². The smallest absolute Gasteiger partial charge is 0.240 e. The van der Waals surface area contributed by atoms with Gasteiger partial charge in [0.25, 0.3) is 0 Å². The molecule has 0 aromatic heterocycles. The predicted octanol–water partition coefficient (Wildman–Crippen LogP) is 0.565. The molecule has 1 aromatic carbocycles. The van der Waals surface area contributed by atoms with E-state index in [1.54, 1.807) is 12.1 Å². The van der Waals surface area contributed by atoms with Crippen molar-refractivity contribution in [1.82, 2.24) is 9.62 Å². The summed E-state index contributed by atoms with van der Waals surface area (Å²) in [6.07, 6.45) is 1.01. The topological polar surface area (TPSA) is 78.7 Å². The minimum atomic E-state index is -3.45. The summed E-state index contributed by atoms with van der Waals surface area (Å²) in [5, 5.41) is 0. The Morgan fingerprint density at radius 2 is 1.85 bits per heavy atom. The molecule has 1 aromatic rings. The van der Waals surface area contributed by atoms with Crippen molar-refractivity contribution < 1.29 is 8.42 Å². The van der Waals surface area contributed by atoms with Crippen LogP contribution in [0.1, 0.15) is 6.42 Å². The van der Waals surface area contributed by atoms with E-state index >= 15 is 0 Å². The highest BCUT2D eigenvalue weighted by Gasteiger charge is 2.14. The number of hydrogen-bond donors (Lipinski definition) is 2. The molecule has 0 unspecified atom stereocenters. The molecular weight excluding hydrogens is 276 g/mol. The number of anilines is 2. The Kier molecular flexibility index (Phi) is 5.79. The molecule has 0 amide bonds. The number of nitrogens with zero attached hydrogens (tertiary/aromatic N) is 2. The van der Waals surface area contributed by atoms with Crippen LogP contribution in [0.4, 0.5) is 11.4 Å². The van der Waals surface area contributed by atoms with Gasteiger partial charge in [0, 0.05) is 13.6 Å². The molecule has 7 heteroatoms. The van der Waals surface area contributed by atoms with Gasteiger partial charge in [-0.15, -0.1) is 0 Å². The molecule has 0 aliphatic heterocycles. The van der Waals surface area contributed by atoms with Gasteiger partial charge in [-0.05, 0) is 52.3 Å². The van der Waals surface area contributed by atoms with Crippen LogP contribution in [0.2, 0.25) is 0 Å². The Bertz CT molecular complexity index is 543. The fraction of sp³-hybridized carbons (Fsp3) is 0.538. The quantitative estimate of drug-likeness (QED) is 0.720. The molecule has 0 aliphatic carbocycles. The third-order valence-electron chi connectivity index (χ3n) is 3.09. The normalized spacial score (nSPS) is 11.8. The molecule has 0 saturated heterocycles. The molecule has 114 valence electrons. The summed E-state index contributed by atoms with van der Waals surface area (Å²) < 4.78 is 25.7. The van der Waals surface area contributed by atoms with E-state index < -0.39 is 10.0 Å². The van der Waals surface area contributed by atoms with Crippen LogP contribution in [0.25, 0.3) is 0 Å². The van der Waals surface area contributed by atoms with Gasteiger partial charge < -0.3 is 15.5 Å². The van der Waals surface area contributed by atoms with Gasteiger partial charge in [-0.25, -0.2) is 13.1 Å². The van der Waals surface area contributed by atoms with E-state index in [1.807, 2.05) is 26.0 Å². The third kappa shape index (κ3) is 4.36. The van der Waals surface area contributed by atoms with Crippen molar-refractivity contribution in [3.05, 3.63) is 18.2 Å². The zero-order valence-corrected chi connectivity index (χ0v) is 13.4. The van der Waals surface area contributed by atoms with E-state index in [-0.39, 0.29) is 4.90 Å². The first-order valence-corrected chi connectivity index (χ1v) is 7.95. The number of hydrogen-bond acceptors (Lipinski definition) is 5. The molecule has 20 heavy (non-hydrogen) atoms. The fourth-order valence-corrected chi connectivity index (χ4v) is 2.67. The van der Waals surface area contributed by atoms with Gasteiger partial charge in [-0.2, -0.15) is 0 Å². The van der Waals surface area contributed by atoms with Gasteiger partial charge in [-0.3, -0.25) is 0 Å². The molecule has 6 nitrogen and oxygen atoms in total. The lowest BCUT2D eigenvalue weighted by Crippen LogP contribution is -2.24. The number of rotatable bonds is 7. The van der Waals surface area contributed by atoms with Crippen molar-refractivity contribution in [3.63, 3.8) is 0 Å². The average Bonchev–Trinajstić information content (AvgIpc) is 2.37. The summed E-state index contributed by atoms with van der Waals surface area (Å²) in [7, 11) is 3.95. The Morgan fingerprint density at radius 1 is 1.20 bits per heavy atom. The van der Waals surface area contributed by atoms with E-state index in [1.165, 1.54) is 13.1 Å². The van der Waals surface area contributed by atoms with Gasteiger partial charge in [0.15, 0.2) is 0 Å². The number of nitrogen functional groups attached to an aromatic ring is 1. The Hall–Kier alpha value is -1.31. The maximum atomic E-state index is 11.7. The maximum Gasteiger partial charge on any atom is 0.240 e. The fourth-order valence-electron chi connectivity index (χ4n) is 1.91. The number of nitrogens with two attached hydrogens (primary N) is 1. The second-order valence-electron chi connectivity index (χ2n) is 5.01. The first kappa shape index (κ1) is 16.7. The van der Waals surface area contributed by atoms with Crippen molar-refractivity contribution >= 4 is 21.4 Å². The monoisotopic (exact) mass is 300 g/mol. The summed E-state index contributed by atoms with van der Waals surface area (Å²) >= 11 is 0.